The minimum Gasteiger partial charge on any atom is -0.363 e. The van der Waals surface area contributed by atoms with E-state index >= 15 is 0 Å². The summed E-state index contributed by atoms with van der Waals surface area (Å²) in [7, 11) is 0. The van der Waals surface area contributed by atoms with E-state index in [1.165, 1.54) is 0 Å². The highest BCUT2D eigenvalue weighted by atomic mass is 32.1. The number of H-pyrrole nitrogens is 1. The maximum absolute atomic E-state index is 12.7. The Morgan fingerprint density at radius 2 is 2.07 bits per heavy atom. The fourth-order valence-corrected chi connectivity index (χ4v) is 4.15. The van der Waals surface area contributed by atoms with Crippen molar-refractivity contribution >= 4 is 28.9 Å². The van der Waals surface area contributed by atoms with Crippen LogP contribution in [0.5, 0.6) is 0 Å². The van der Waals surface area contributed by atoms with Gasteiger partial charge in [-0.3, -0.25) is 9.78 Å². The molecule has 0 radical (unpaired) electrons. The normalized spacial score (nSPS) is 18.3. The second kappa shape index (κ2) is 8.67. The van der Waals surface area contributed by atoms with Crippen LogP contribution in [0.15, 0.2) is 60.9 Å². The fourth-order valence-electron chi connectivity index (χ4n) is 3.82. The lowest BCUT2D eigenvalue weighted by Gasteiger charge is -2.26. The highest BCUT2D eigenvalue weighted by Gasteiger charge is 2.40. The van der Waals surface area contributed by atoms with Crippen molar-refractivity contribution in [1.29, 1.82) is 0 Å². The summed E-state index contributed by atoms with van der Waals surface area (Å²) < 4.78 is 0. The lowest BCUT2D eigenvalue weighted by atomic mass is 10.0. The number of amides is 1. The van der Waals surface area contributed by atoms with E-state index in [-0.39, 0.29) is 18.0 Å². The van der Waals surface area contributed by atoms with Crippen LogP contribution < -0.4 is 10.6 Å². The number of carbonyl (C=O) groups is 1. The molecule has 30 heavy (non-hydrogen) atoms. The van der Waals surface area contributed by atoms with Crippen molar-refractivity contribution in [3.8, 4) is 0 Å². The highest BCUT2D eigenvalue weighted by Crippen LogP contribution is 2.37. The van der Waals surface area contributed by atoms with Gasteiger partial charge in [-0.2, -0.15) is 0 Å². The predicted octanol–water partition coefficient (Wildman–Crippen LogP) is 4.03. The average molecular weight is 420 g/mol. The number of pyridine rings is 1. The zero-order valence-corrected chi connectivity index (χ0v) is 17.9. The zero-order valence-electron chi connectivity index (χ0n) is 17.1. The summed E-state index contributed by atoms with van der Waals surface area (Å²) >= 11 is 5.63. The number of hydrogen-bond acceptors (Lipinski definition) is 3. The molecule has 1 aliphatic heterocycles. The molecule has 0 unspecified atom stereocenters. The van der Waals surface area contributed by atoms with Crippen molar-refractivity contribution in [3.63, 3.8) is 0 Å². The molecular weight excluding hydrogens is 394 g/mol. The first-order valence-corrected chi connectivity index (χ1v) is 10.4. The summed E-state index contributed by atoms with van der Waals surface area (Å²) in [6.07, 6.45) is 4.02. The van der Waals surface area contributed by atoms with Crippen molar-refractivity contribution in [2.75, 3.05) is 11.9 Å². The third-order valence-corrected chi connectivity index (χ3v) is 5.74. The quantitative estimate of drug-likeness (QED) is 0.526. The van der Waals surface area contributed by atoms with Crippen molar-refractivity contribution in [1.82, 2.24) is 20.2 Å². The van der Waals surface area contributed by atoms with E-state index < -0.39 is 0 Å². The molecule has 1 aliphatic rings. The van der Waals surface area contributed by atoms with Crippen LogP contribution in [0.4, 0.5) is 5.69 Å². The molecule has 1 aromatic carbocycles. The average Bonchev–Trinajstić information content (AvgIpc) is 3.37. The number of benzene rings is 1. The van der Waals surface area contributed by atoms with E-state index in [4.69, 9.17) is 12.2 Å². The summed E-state index contributed by atoms with van der Waals surface area (Å²) in [5.74, 6) is -0.0296. The second-order valence-corrected chi connectivity index (χ2v) is 7.95. The molecule has 7 heteroatoms. The summed E-state index contributed by atoms with van der Waals surface area (Å²) in [6, 6.07) is 15.8. The molecule has 0 bridgehead atoms. The Labute approximate surface area is 181 Å². The number of aromatic amines is 1. The molecule has 1 amide bonds. The van der Waals surface area contributed by atoms with Crippen LogP contribution in [0.25, 0.3) is 0 Å². The van der Waals surface area contributed by atoms with Gasteiger partial charge in [0.15, 0.2) is 5.11 Å². The van der Waals surface area contributed by atoms with Gasteiger partial charge in [-0.15, -0.1) is 0 Å². The van der Waals surface area contributed by atoms with Gasteiger partial charge in [0, 0.05) is 36.7 Å². The van der Waals surface area contributed by atoms with Crippen LogP contribution in [-0.2, 0) is 4.79 Å². The van der Waals surface area contributed by atoms with Gasteiger partial charge in [-0.05, 0) is 67.5 Å². The topological polar surface area (TPSA) is 73.1 Å². The Balaban J connectivity index is 1.50. The third kappa shape index (κ3) is 4.21. The minimum atomic E-state index is -0.0839. The van der Waals surface area contributed by atoms with Crippen LogP contribution in [0.1, 0.15) is 41.0 Å². The Morgan fingerprint density at radius 1 is 1.20 bits per heavy atom. The van der Waals surface area contributed by atoms with E-state index in [9.17, 15) is 4.79 Å². The van der Waals surface area contributed by atoms with E-state index in [0.717, 1.165) is 28.2 Å². The molecular formula is C23H25N5OS. The number of nitrogens with one attached hydrogen (secondary N) is 3. The van der Waals surface area contributed by atoms with Gasteiger partial charge in [0.2, 0.25) is 5.91 Å². The lowest BCUT2D eigenvalue weighted by molar-refractivity contribution is -0.116. The maximum atomic E-state index is 12.7. The number of thiocarbonyl (C=S) groups is 1. The van der Waals surface area contributed by atoms with Gasteiger partial charge in [-0.1, -0.05) is 18.2 Å². The molecule has 3 aromatic rings. The van der Waals surface area contributed by atoms with Gasteiger partial charge in [0.05, 0.1) is 17.8 Å². The predicted molar refractivity (Wildman–Crippen MR) is 122 cm³/mol. The first-order valence-electron chi connectivity index (χ1n) is 10.0. The molecule has 1 fully saturated rings. The molecule has 0 spiro atoms. The minimum absolute atomic E-state index is 0.0296. The Morgan fingerprint density at radius 3 is 2.80 bits per heavy atom. The van der Waals surface area contributed by atoms with Gasteiger partial charge >= 0.3 is 0 Å². The zero-order chi connectivity index (χ0) is 21.1. The largest absolute Gasteiger partial charge is 0.363 e. The third-order valence-electron chi connectivity index (χ3n) is 5.39. The first kappa shape index (κ1) is 20.1. The maximum Gasteiger partial charge on any atom is 0.226 e. The number of anilines is 1. The van der Waals surface area contributed by atoms with Crippen molar-refractivity contribution in [2.24, 2.45) is 0 Å². The SMILES string of the molecule is Cc1ccc(C)c(NC(=O)CCN2C(=S)N[C@H](c3ccccn3)[C@H]2c2ccc[nH]2)c1. The van der Waals surface area contributed by atoms with Gasteiger partial charge in [0.25, 0.3) is 0 Å². The van der Waals surface area contributed by atoms with E-state index in [2.05, 4.69) is 25.5 Å². The Kier molecular flexibility index (Phi) is 5.81. The van der Waals surface area contributed by atoms with Crippen LogP contribution in [0.2, 0.25) is 0 Å². The number of aromatic nitrogens is 2. The molecule has 2 atom stereocenters. The molecule has 4 rings (SSSR count). The summed E-state index contributed by atoms with van der Waals surface area (Å²) in [5.41, 5.74) is 4.97. The number of hydrogen-bond donors (Lipinski definition) is 3. The van der Waals surface area contributed by atoms with E-state index in [1.54, 1.807) is 6.20 Å². The van der Waals surface area contributed by atoms with E-state index in [0.29, 0.717) is 18.1 Å². The second-order valence-electron chi connectivity index (χ2n) is 7.56. The summed E-state index contributed by atoms with van der Waals surface area (Å²) in [4.78, 5) is 22.6. The smallest absolute Gasteiger partial charge is 0.226 e. The summed E-state index contributed by atoms with van der Waals surface area (Å²) in [6.45, 7) is 4.52. The van der Waals surface area contributed by atoms with Gasteiger partial charge in [0.1, 0.15) is 0 Å². The number of carbonyl (C=O) groups excluding carboxylic acids is 1. The molecule has 2 aromatic heterocycles. The first-order chi connectivity index (χ1) is 14.5. The van der Waals surface area contributed by atoms with Gasteiger partial charge < -0.3 is 20.5 Å². The van der Waals surface area contributed by atoms with Crippen LogP contribution in [0.3, 0.4) is 0 Å². The number of aryl methyl sites for hydroxylation is 2. The number of rotatable bonds is 6. The Hall–Kier alpha value is -3.19. The van der Waals surface area contributed by atoms with E-state index in [1.807, 2.05) is 68.6 Å². The number of nitrogens with zero attached hydrogens (tertiary/aromatic N) is 2. The standard InChI is InChI=1S/C23H25N5OS/c1-15-8-9-16(2)19(14-15)26-20(29)10-13-28-22(18-7-5-12-25-18)21(27-23(28)30)17-6-3-4-11-24-17/h3-9,11-12,14,21-22,25H,10,13H2,1-2H3,(H,26,29)(H,27,30)/t21-,22-/m1/s1. The lowest BCUT2D eigenvalue weighted by Crippen LogP contribution is -2.32. The molecule has 0 saturated carbocycles. The van der Waals surface area contributed by atoms with Crippen LogP contribution >= 0.6 is 12.2 Å². The Bertz CT molecular complexity index is 1040. The summed E-state index contributed by atoms with van der Waals surface area (Å²) in [5, 5.41) is 7.05. The molecule has 3 N–H and O–H groups in total. The molecule has 3 heterocycles. The molecule has 154 valence electrons. The molecule has 1 saturated heterocycles. The van der Waals surface area contributed by atoms with Gasteiger partial charge in [-0.25, -0.2) is 0 Å². The van der Waals surface area contributed by atoms with Crippen LogP contribution in [0, 0.1) is 13.8 Å². The molecule has 6 nitrogen and oxygen atoms in total. The van der Waals surface area contributed by atoms with Crippen molar-refractivity contribution < 1.29 is 4.79 Å². The van der Waals surface area contributed by atoms with Crippen LogP contribution in [-0.4, -0.2) is 32.4 Å². The molecule has 0 aliphatic carbocycles. The van der Waals surface area contributed by atoms with Crippen molar-refractivity contribution in [3.05, 3.63) is 83.4 Å². The highest BCUT2D eigenvalue weighted by molar-refractivity contribution is 7.80. The van der Waals surface area contributed by atoms with Crippen molar-refractivity contribution in [2.45, 2.75) is 32.4 Å². The fraction of sp³-hybridized carbons (Fsp3) is 0.261. The monoisotopic (exact) mass is 419 g/mol.